The van der Waals surface area contributed by atoms with E-state index in [2.05, 4.69) is 0 Å². The van der Waals surface area contributed by atoms with Gasteiger partial charge in [0.25, 0.3) is 0 Å². The maximum atomic E-state index is 8.70. The summed E-state index contributed by atoms with van der Waals surface area (Å²) in [4.78, 5) is 28.5. The first kappa shape index (κ1) is 16.4. The fourth-order valence-corrected chi connectivity index (χ4v) is 0. The van der Waals surface area contributed by atoms with Gasteiger partial charge in [0.05, 0.1) is 0 Å². The average Bonchev–Trinajstić information content (AvgIpc) is 1.25. The first-order valence-electron chi connectivity index (χ1n) is 1.17. The Morgan fingerprint density at radius 1 is 0.778 bits per heavy atom. The van der Waals surface area contributed by atoms with Gasteiger partial charge in [0.1, 0.15) is 0 Å². The topological polar surface area (TPSA) is 115 Å². The second kappa shape index (κ2) is 11.6. The first-order valence-corrected chi connectivity index (χ1v) is 3.50. The van der Waals surface area contributed by atoms with Crippen molar-refractivity contribution in [1.82, 2.24) is 0 Å². The molecule has 0 saturated heterocycles. The molecule has 9 heavy (non-hydrogen) atoms. The van der Waals surface area contributed by atoms with Gasteiger partial charge in [0.15, 0.2) is 0 Å². The molecule has 0 aliphatic rings. The van der Waals surface area contributed by atoms with Crippen LogP contribution in [0.4, 0.5) is 0 Å². The third-order valence-corrected chi connectivity index (χ3v) is 0. The minimum absolute atomic E-state index is 0. The fraction of sp³-hybridized carbons (Fsp3) is 0. The Morgan fingerprint density at radius 3 is 0.778 bits per heavy atom. The predicted octanol–water partition coefficient (Wildman–Crippen LogP) is -1.66. The Labute approximate surface area is 69.4 Å². The van der Waals surface area contributed by atoms with Crippen LogP contribution in [-0.2, 0) is 9.13 Å². The number of hydrogen-bond donors (Lipinski definition) is 4. The first-order chi connectivity index (χ1) is 3.46. The molecule has 54 valence electrons. The van der Waals surface area contributed by atoms with Crippen molar-refractivity contribution in [3.63, 3.8) is 0 Å². The molecule has 0 rings (SSSR count). The van der Waals surface area contributed by atoms with Crippen LogP contribution < -0.4 is 0 Å². The van der Waals surface area contributed by atoms with E-state index < -0.39 is 16.5 Å². The third-order valence-electron chi connectivity index (χ3n) is 0. The molecule has 0 aliphatic carbocycles. The van der Waals surface area contributed by atoms with E-state index in [0.717, 1.165) is 0 Å². The standard InChI is InChI=1S/2HO3P.Sn.2H/c2*1-4(2)3;;;/h2*(H-,1,2,3);;;/p+2. The van der Waals surface area contributed by atoms with Gasteiger partial charge in [-0.1, -0.05) is 0 Å². The summed E-state index contributed by atoms with van der Waals surface area (Å²) in [5, 5.41) is 0. The third kappa shape index (κ3) is 588. The van der Waals surface area contributed by atoms with Gasteiger partial charge in [-0.05, 0) is 0 Å². The van der Waals surface area contributed by atoms with E-state index >= 15 is 0 Å². The van der Waals surface area contributed by atoms with Gasteiger partial charge in [-0.25, -0.2) is 0 Å². The second-order valence-electron chi connectivity index (χ2n) is 0.505. The van der Waals surface area contributed by atoms with Crippen LogP contribution in [0.25, 0.3) is 0 Å². The SMILES string of the molecule is O=[P+](O)O.O=[P+](O)O.[SnH2]. The van der Waals surface area contributed by atoms with Gasteiger partial charge in [-0.2, -0.15) is 0 Å². The number of rotatable bonds is 0. The molecule has 0 aromatic carbocycles. The van der Waals surface area contributed by atoms with Gasteiger partial charge in [-0.3, -0.25) is 0 Å². The van der Waals surface area contributed by atoms with Crippen LogP contribution in [0.15, 0.2) is 0 Å². The summed E-state index contributed by atoms with van der Waals surface area (Å²) < 4.78 is 17.4. The van der Waals surface area contributed by atoms with Crippen molar-refractivity contribution in [2.24, 2.45) is 0 Å². The Kier molecular flexibility index (Phi) is 21.2. The fourth-order valence-electron chi connectivity index (χ4n) is 0. The Balaban J connectivity index is -0.0000000720. The molecule has 0 aromatic rings. The second-order valence-corrected chi connectivity index (χ2v) is 1.52. The molecule has 0 fully saturated rings. The van der Waals surface area contributed by atoms with Crippen molar-refractivity contribution in [3.8, 4) is 0 Å². The quantitative estimate of drug-likeness (QED) is 0.312. The van der Waals surface area contributed by atoms with E-state index in [1.54, 1.807) is 0 Å². The predicted molar refractivity (Wildman–Crippen MR) is 32.6 cm³/mol. The number of hydrogen-bond acceptors (Lipinski definition) is 2. The van der Waals surface area contributed by atoms with E-state index in [0.29, 0.717) is 0 Å². The summed E-state index contributed by atoms with van der Waals surface area (Å²) in [5.74, 6) is 0. The molecule has 0 amide bonds. The van der Waals surface area contributed by atoms with Crippen molar-refractivity contribution < 1.29 is 28.7 Å². The average molecular weight is 283 g/mol. The summed E-state index contributed by atoms with van der Waals surface area (Å²) in [6, 6.07) is 0. The van der Waals surface area contributed by atoms with Gasteiger partial charge in [0.2, 0.25) is 0 Å². The molecule has 0 bridgehead atoms. The van der Waals surface area contributed by atoms with E-state index in [-0.39, 0.29) is 23.9 Å². The van der Waals surface area contributed by atoms with Crippen molar-refractivity contribution in [2.45, 2.75) is 0 Å². The van der Waals surface area contributed by atoms with E-state index in [9.17, 15) is 0 Å². The Morgan fingerprint density at radius 2 is 0.778 bits per heavy atom. The summed E-state index contributed by atoms with van der Waals surface area (Å²) in [5.41, 5.74) is 0. The molecule has 2 radical (unpaired) electrons. The molecular weight excluding hydrogens is 277 g/mol. The van der Waals surface area contributed by atoms with Crippen LogP contribution in [0.1, 0.15) is 0 Å². The van der Waals surface area contributed by atoms with Crippen molar-refractivity contribution >= 4 is 40.4 Å². The Bertz CT molecular complexity index is 69.1. The van der Waals surface area contributed by atoms with Crippen LogP contribution in [-0.4, -0.2) is 43.5 Å². The van der Waals surface area contributed by atoms with E-state index in [4.69, 9.17) is 28.7 Å². The van der Waals surface area contributed by atoms with Crippen LogP contribution in [0.5, 0.6) is 0 Å². The molecular formula is H6O6P2Sn+2. The van der Waals surface area contributed by atoms with Crippen LogP contribution in [0, 0.1) is 0 Å². The zero-order chi connectivity index (χ0) is 7.15. The van der Waals surface area contributed by atoms with Crippen molar-refractivity contribution in [3.05, 3.63) is 0 Å². The molecule has 6 nitrogen and oxygen atoms in total. The van der Waals surface area contributed by atoms with Crippen molar-refractivity contribution in [2.75, 3.05) is 0 Å². The van der Waals surface area contributed by atoms with Gasteiger partial charge in [-0.15, -0.1) is 19.6 Å². The summed E-state index contributed by atoms with van der Waals surface area (Å²) in [6.45, 7) is 0. The van der Waals surface area contributed by atoms with E-state index in [1.165, 1.54) is 0 Å². The minimum atomic E-state index is -2.87. The monoisotopic (exact) mass is 284 g/mol. The molecule has 9 heteroatoms. The van der Waals surface area contributed by atoms with Gasteiger partial charge >= 0.3 is 40.4 Å². The summed E-state index contributed by atoms with van der Waals surface area (Å²) in [6.07, 6.45) is 0. The van der Waals surface area contributed by atoms with Crippen LogP contribution >= 0.6 is 16.5 Å². The van der Waals surface area contributed by atoms with Crippen molar-refractivity contribution in [1.29, 1.82) is 0 Å². The normalized spacial score (nSPS) is 5.78. The van der Waals surface area contributed by atoms with Gasteiger partial charge in [0, 0.05) is 9.13 Å². The van der Waals surface area contributed by atoms with Crippen LogP contribution in [0.2, 0.25) is 0 Å². The van der Waals surface area contributed by atoms with Crippen LogP contribution in [0.3, 0.4) is 0 Å². The van der Waals surface area contributed by atoms with Gasteiger partial charge < -0.3 is 0 Å². The zero-order valence-corrected chi connectivity index (χ0v) is 10.0. The maximum absolute atomic E-state index is 8.70. The Hall–Kier alpha value is 0.839. The molecule has 0 heterocycles. The van der Waals surface area contributed by atoms with E-state index in [1.807, 2.05) is 0 Å². The summed E-state index contributed by atoms with van der Waals surface area (Å²) >= 11 is 0. The molecule has 4 N–H and O–H groups in total. The molecule has 0 unspecified atom stereocenters. The molecule has 0 atom stereocenters. The molecule has 0 saturated carbocycles. The zero-order valence-electron chi connectivity index (χ0n) is 4.21. The molecule has 0 aromatic heterocycles. The molecule has 0 aliphatic heterocycles. The summed E-state index contributed by atoms with van der Waals surface area (Å²) in [7, 11) is -5.74. The molecule has 0 spiro atoms.